The van der Waals surface area contributed by atoms with Gasteiger partial charge in [0, 0.05) is 17.2 Å². The van der Waals surface area contributed by atoms with Crippen LogP contribution < -0.4 is 0 Å². The molecule has 0 unspecified atom stereocenters. The molecule has 0 aromatic heterocycles. The molecule has 0 saturated heterocycles. The summed E-state index contributed by atoms with van der Waals surface area (Å²) < 4.78 is 0. The van der Waals surface area contributed by atoms with E-state index in [0.29, 0.717) is 17.2 Å². The average Bonchev–Trinajstić information content (AvgIpc) is 2.30. The molecule has 0 radical (unpaired) electrons. The van der Waals surface area contributed by atoms with Crippen LogP contribution in [0.15, 0.2) is 24.3 Å². The normalized spacial score (nSPS) is 12.8. The minimum atomic E-state index is -0.0948. The predicted molar refractivity (Wildman–Crippen MR) is 83.0 cm³/mol. The van der Waals surface area contributed by atoms with Gasteiger partial charge in [-0.1, -0.05) is 50.6 Å². The van der Waals surface area contributed by atoms with Crippen molar-refractivity contribution in [2.45, 2.75) is 46.0 Å². The van der Waals surface area contributed by atoms with E-state index in [-0.39, 0.29) is 5.41 Å². The molecule has 1 rings (SSSR count). The van der Waals surface area contributed by atoms with E-state index >= 15 is 0 Å². The molecule has 0 N–H and O–H groups in total. The number of benzene rings is 1. The monoisotopic (exact) mass is 286 g/mol. The quantitative estimate of drug-likeness (QED) is 0.624. The highest BCUT2D eigenvalue weighted by atomic mass is 35.5. The summed E-state index contributed by atoms with van der Waals surface area (Å²) in [7, 11) is 0. The zero-order chi connectivity index (χ0) is 13.8. The van der Waals surface area contributed by atoms with E-state index in [9.17, 15) is 0 Å². The number of hydrogen-bond acceptors (Lipinski definition) is 0. The molecule has 0 heterocycles. The summed E-state index contributed by atoms with van der Waals surface area (Å²) in [5.41, 5.74) is 2.76. The molecule has 0 aliphatic rings. The third kappa shape index (κ3) is 4.17. The van der Waals surface area contributed by atoms with Crippen molar-refractivity contribution in [3.05, 3.63) is 35.4 Å². The zero-order valence-electron chi connectivity index (χ0n) is 11.9. The molecule has 1 aromatic carbocycles. The van der Waals surface area contributed by atoms with Crippen molar-refractivity contribution >= 4 is 23.2 Å². The summed E-state index contributed by atoms with van der Waals surface area (Å²) in [5, 5.41) is 0. The first-order valence-corrected chi connectivity index (χ1v) is 7.59. The summed E-state index contributed by atoms with van der Waals surface area (Å²) >= 11 is 12.5. The van der Waals surface area contributed by atoms with Crippen molar-refractivity contribution in [2.24, 2.45) is 5.41 Å². The van der Waals surface area contributed by atoms with Crippen LogP contribution in [0.5, 0.6) is 0 Å². The Labute approximate surface area is 122 Å². The SMILES string of the molecule is Cc1cccc(C(CCl)(CCl)CCC(C)(C)C)c1. The van der Waals surface area contributed by atoms with Crippen molar-refractivity contribution in [1.82, 2.24) is 0 Å². The Morgan fingerprint density at radius 2 is 1.61 bits per heavy atom. The lowest BCUT2D eigenvalue weighted by Crippen LogP contribution is -2.32. The molecule has 0 nitrogen and oxygen atoms in total. The molecule has 0 fully saturated rings. The van der Waals surface area contributed by atoms with Gasteiger partial charge < -0.3 is 0 Å². The van der Waals surface area contributed by atoms with Gasteiger partial charge in [0.05, 0.1) is 0 Å². The van der Waals surface area contributed by atoms with Crippen molar-refractivity contribution in [2.75, 3.05) is 11.8 Å². The van der Waals surface area contributed by atoms with E-state index in [1.807, 2.05) is 0 Å². The van der Waals surface area contributed by atoms with Crippen molar-refractivity contribution < 1.29 is 0 Å². The van der Waals surface area contributed by atoms with Crippen molar-refractivity contribution in [3.63, 3.8) is 0 Å². The Kier molecular flexibility index (Phi) is 5.55. The molecule has 18 heavy (non-hydrogen) atoms. The Hall–Kier alpha value is -0.200. The molecule has 2 heteroatoms. The number of halogens is 2. The fourth-order valence-electron chi connectivity index (χ4n) is 2.06. The minimum absolute atomic E-state index is 0.0948. The fourth-order valence-corrected chi connectivity index (χ4v) is 2.92. The van der Waals surface area contributed by atoms with Crippen molar-refractivity contribution in [3.8, 4) is 0 Å². The molecule has 1 aromatic rings. The maximum Gasteiger partial charge on any atom is 0.0332 e. The van der Waals surface area contributed by atoms with Gasteiger partial charge in [-0.15, -0.1) is 23.2 Å². The van der Waals surface area contributed by atoms with Crippen LogP contribution in [0.25, 0.3) is 0 Å². The number of rotatable bonds is 5. The van der Waals surface area contributed by atoms with Crippen LogP contribution in [-0.4, -0.2) is 11.8 Å². The number of alkyl halides is 2. The first-order valence-electron chi connectivity index (χ1n) is 6.52. The van der Waals surface area contributed by atoms with Crippen LogP contribution in [0.4, 0.5) is 0 Å². The lowest BCUT2D eigenvalue weighted by atomic mass is 9.75. The van der Waals surface area contributed by atoms with Gasteiger partial charge in [-0.2, -0.15) is 0 Å². The minimum Gasteiger partial charge on any atom is -0.126 e. The third-order valence-electron chi connectivity index (χ3n) is 3.50. The molecule has 0 saturated carbocycles. The summed E-state index contributed by atoms with van der Waals surface area (Å²) in [6, 6.07) is 8.57. The topological polar surface area (TPSA) is 0 Å². The maximum absolute atomic E-state index is 6.26. The van der Waals surface area contributed by atoms with Gasteiger partial charge in [0.2, 0.25) is 0 Å². The lowest BCUT2D eigenvalue weighted by molar-refractivity contribution is 0.318. The van der Waals surface area contributed by atoms with E-state index in [0.717, 1.165) is 12.8 Å². The van der Waals surface area contributed by atoms with Gasteiger partial charge in [0.1, 0.15) is 0 Å². The van der Waals surface area contributed by atoms with E-state index in [2.05, 4.69) is 52.0 Å². The van der Waals surface area contributed by atoms with E-state index in [1.165, 1.54) is 11.1 Å². The van der Waals surface area contributed by atoms with Crippen LogP contribution in [-0.2, 0) is 5.41 Å². The van der Waals surface area contributed by atoms with Crippen LogP contribution in [0.3, 0.4) is 0 Å². The molecule has 0 atom stereocenters. The van der Waals surface area contributed by atoms with Gasteiger partial charge in [-0.05, 0) is 30.7 Å². The van der Waals surface area contributed by atoms with Crippen LogP contribution in [0, 0.1) is 12.3 Å². The van der Waals surface area contributed by atoms with Gasteiger partial charge in [0.25, 0.3) is 0 Å². The summed E-state index contributed by atoms with van der Waals surface area (Å²) in [6.07, 6.45) is 2.16. The van der Waals surface area contributed by atoms with E-state index in [1.54, 1.807) is 0 Å². The van der Waals surface area contributed by atoms with Gasteiger partial charge in [-0.25, -0.2) is 0 Å². The van der Waals surface area contributed by atoms with Crippen LogP contribution >= 0.6 is 23.2 Å². The van der Waals surface area contributed by atoms with Crippen molar-refractivity contribution in [1.29, 1.82) is 0 Å². The van der Waals surface area contributed by atoms with Crippen LogP contribution in [0.2, 0.25) is 0 Å². The standard InChI is InChI=1S/C16H24Cl2/c1-13-6-5-7-14(10-13)16(11-17,12-18)9-8-15(2,3)4/h5-7,10H,8-9,11-12H2,1-4H3. The second-order valence-electron chi connectivity index (χ2n) is 6.48. The molecule has 0 spiro atoms. The highest BCUT2D eigenvalue weighted by Crippen LogP contribution is 2.36. The smallest absolute Gasteiger partial charge is 0.0332 e. The molecule has 0 bridgehead atoms. The van der Waals surface area contributed by atoms with E-state index < -0.39 is 0 Å². The highest BCUT2D eigenvalue weighted by Gasteiger charge is 2.32. The summed E-state index contributed by atoms with van der Waals surface area (Å²) in [5.74, 6) is 1.16. The average molecular weight is 287 g/mol. The van der Waals surface area contributed by atoms with Gasteiger partial charge >= 0.3 is 0 Å². The molecule has 0 aliphatic heterocycles. The second-order valence-corrected chi connectivity index (χ2v) is 7.01. The Morgan fingerprint density at radius 3 is 2.06 bits per heavy atom. The first-order chi connectivity index (χ1) is 8.33. The molecular weight excluding hydrogens is 263 g/mol. The third-order valence-corrected chi connectivity index (χ3v) is 4.52. The lowest BCUT2D eigenvalue weighted by Gasteiger charge is -2.33. The van der Waals surface area contributed by atoms with E-state index in [4.69, 9.17) is 23.2 Å². The zero-order valence-corrected chi connectivity index (χ0v) is 13.4. The molecule has 102 valence electrons. The molecular formula is C16H24Cl2. The Morgan fingerprint density at radius 1 is 1.00 bits per heavy atom. The van der Waals surface area contributed by atoms with Gasteiger partial charge in [0.15, 0.2) is 0 Å². The largest absolute Gasteiger partial charge is 0.126 e. The molecule has 0 amide bonds. The maximum atomic E-state index is 6.26. The fraction of sp³-hybridized carbons (Fsp3) is 0.625. The Balaban J connectivity index is 2.99. The molecule has 0 aliphatic carbocycles. The number of hydrogen-bond donors (Lipinski definition) is 0. The number of aryl methyl sites for hydroxylation is 1. The summed E-state index contributed by atoms with van der Waals surface area (Å²) in [4.78, 5) is 0. The summed E-state index contributed by atoms with van der Waals surface area (Å²) in [6.45, 7) is 8.89. The first kappa shape index (κ1) is 15.9. The highest BCUT2D eigenvalue weighted by molar-refractivity contribution is 6.22. The van der Waals surface area contributed by atoms with Crippen LogP contribution in [0.1, 0.15) is 44.7 Å². The Bertz CT molecular complexity index is 373. The predicted octanol–water partition coefficient (Wildman–Crippen LogP) is 5.54. The second kappa shape index (κ2) is 6.30. The van der Waals surface area contributed by atoms with Gasteiger partial charge in [-0.3, -0.25) is 0 Å².